The maximum Gasteiger partial charge on any atom is 0.256 e. The number of anilines is 1. The highest BCUT2D eigenvalue weighted by Crippen LogP contribution is 2.16. The smallest absolute Gasteiger partial charge is 0.256 e. The molecular weight excluding hydrogens is 244 g/mol. The van der Waals surface area contributed by atoms with Gasteiger partial charge in [-0.2, -0.15) is 0 Å². The Hall–Kier alpha value is -2.11. The maximum atomic E-state index is 12.5. The van der Waals surface area contributed by atoms with Crippen molar-refractivity contribution in [2.45, 2.75) is 13.3 Å². The molecule has 1 aliphatic rings. The second kappa shape index (κ2) is 6.17. The lowest BCUT2D eigenvalue weighted by Crippen LogP contribution is -2.37. The first kappa shape index (κ1) is 13.3. The molecule has 102 valence electrons. The molecule has 19 heavy (non-hydrogen) atoms. The average molecular weight is 262 g/mol. The van der Waals surface area contributed by atoms with Crippen LogP contribution >= 0.6 is 0 Å². The molecule has 0 bridgehead atoms. The quantitative estimate of drug-likeness (QED) is 0.830. The summed E-state index contributed by atoms with van der Waals surface area (Å²) in [7, 11) is 0. The Bertz CT molecular complexity index is 475. The van der Waals surface area contributed by atoms with Gasteiger partial charge in [0.2, 0.25) is 5.91 Å². The largest absolute Gasteiger partial charge is 0.383 e. The van der Waals surface area contributed by atoms with E-state index in [1.165, 1.54) is 0 Å². The lowest BCUT2D eigenvalue weighted by molar-refractivity contribution is -0.121. The van der Waals surface area contributed by atoms with Crippen LogP contribution in [-0.4, -0.2) is 47.9 Å². The molecule has 6 nitrogen and oxygen atoms in total. The van der Waals surface area contributed by atoms with Crippen molar-refractivity contribution in [3.8, 4) is 0 Å². The zero-order valence-corrected chi connectivity index (χ0v) is 11.0. The Labute approximate surface area is 112 Å². The molecule has 1 aromatic heterocycles. The molecule has 0 saturated carbocycles. The predicted octanol–water partition coefficient (Wildman–Crippen LogP) is 0.475. The first-order chi connectivity index (χ1) is 9.22. The van der Waals surface area contributed by atoms with Crippen molar-refractivity contribution in [3.63, 3.8) is 0 Å². The minimum absolute atomic E-state index is 0.107. The molecule has 0 aliphatic carbocycles. The molecule has 2 N–H and O–H groups in total. The normalized spacial score (nSPS) is 15.6. The second-order valence-electron chi connectivity index (χ2n) is 4.38. The van der Waals surface area contributed by atoms with Crippen molar-refractivity contribution < 1.29 is 9.59 Å². The zero-order valence-electron chi connectivity index (χ0n) is 11.0. The fraction of sp³-hybridized carbons (Fsp3) is 0.462. The van der Waals surface area contributed by atoms with Gasteiger partial charge < -0.3 is 15.5 Å². The Kier molecular flexibility index (Phi) is 4.33. The number of hydrogen-bond donors (Lipinski definition) is 2. The number of carbonyl (C=O) groups excluding carboxylic acids is 2. The third kappa shape index (κ3) is 3.21. The topological polar surface area (TPSA) is 74.3 Å². The van der Waals surface area contributed by atoms with Gasteiger partial charge in [0.1, 0.15) is 0 Å². The number of nitrogens with one attached hydrogen (secondary N) is 2. The van der Waals surface area contributed by atoms with Crippen LogP contribution in [0.3, 0.4) is 0 Å². The Morgan fingerprint density at radius 1 is 1.58 bits per heavy atom. The van der Waals surface area contributed by atoms with E-state index in [1.807, 2.05) is 6.92 Å². The zero-order chi connectivity index (χ0) is 13.7. The van der Waals surface area contributed by atoms with E-state index in [-0.39, 0.29) is 18.4 Å². The third-order valence-corrected chi connectivity index (χ3v) is 2.97. The van der Waals surface area contributed by atoms with Gasteiger partial charge in [-0.15, -0.1) is 0 Å². The highest BCUT2D eigenvalue weighted by Gasteiger charge is 2.22. The van der Waals surface area contributed by atoms with Gasteiger partial charge in [0.05, 0.1) is 24.0 Å². The van der Waals surface area contributed by atoms with E-state index < -0.39 is 0 Å². The van der Waals surface area contributed by atoms with Crippen LogP contribution in [0.15, 0.2) is 18.5 Å². The molecule has 2 amide bonds. The number of carbonyl (C=O) groups is 2. The first-order valence-electron chi connectivity index (χ1n) is 6.46. The monoisotopic (exact) mass is 262 g/mol. The van der Waals surface area contributed by atoms with Crippen molar-refractivity contribution in [2.75, 3.05) is 31.5 Å². The summed E-state index contributed by atoms with van der Waals surface area (Å²) < 4.78 is 0. The molecule has 2 rings (SSSR count). The van der Waals surface area contributed by atoms with Crippen LogP contribution in [0.4, 0.5) is 5.69 Å². The maximum absolute atomic E-state index is 12.5. The summed E-state index contributed by atoms with van der Waals surface area (Å²) in [5.41, 5.74) is 1.27. The molecule has 0 radical (unpaired) electrons. The van der Waals surface area contributed by atoms with Crippen molar-refractivity contribution in [2.24, 2.45) is 0 Å². The minimum atomic E-state index is -0.129. The molecule has 0 atom stereocenters. The fourth-order valence-corrected chi connectivity index (χ4v) is 2.06. The summed E-state index contributed by atoms with van der Waals surface area (Å²) in [6, 6.07) is 1.68. The lowest BCUT2D eigenvalue weighted by atomic mass is 10.2. The van der Waals surface area contributed by atoms with E-state index in [0.717, 1.165) is 6.42 Å². The van der Waals surface area contributed by atoms with Crippen molar-refractivity contribution in [1.82, 2.24) is 15.2 Å². The Morgan fingerprint density at radius 3 is 3.21 bits per heavy atom. The lowest BCUT2D eigenvalue weighted by Gasteiger charge is -2.20. The second-order valence-corrected chi connectivity index (χ2v) is 4.38. The van der Waals surface area contributed by atoms with Crippen LogP contribution in [0.1, 0.15) is 23.7 Å². The number of amides is 2. The molecule has 2 heterocycles. The predicted molar refractivity (Wildman–Crippen MR) is 71.9 cm³/mol. The van der Waals surface area contributed by atoms with Gasteiger partial charge in [-0.25, -0.2) is 0 Å². The fourth-order valence-electron chi connectivity index (χ4n) is 2.06. The van der Waals surface area contributed by atoms with Crippen LogP contribution < -0.4 is 10.6 Å². The van der Waals surface area contributed by atoms with E-state index in [2.05, 4.69) is 15.6 Å². The average Bonchev–Trinajstić information content (AvgIpc) is 2.64. The van der Waals surface area contributed by atoms with Gasteiger partial charge in [0.15, 0.2) is 0 Å². The van der Waals surface area contributed by atoms with Gasteiger partial charge >= 0.3 is 0 Å². The standard InChI is InChI=1S/C13H18N4O2/c1-2-15-11-8-14-6-4-10(11)13(19)17-7-3-5-16-12(18)9-17/h4,6,8,15H,2-3,5,7,9H2,1H3,(H,16,18). The highest BCUT2D eigenvalue weighted by atomic mass is 16.2. The highest BCUT2D eigenvalue weighted by molar-refractivity contribution is 6.01. The number of pyridine rings is 1. The van der Waals surface area contributed by atoms with Crippen LogP contribution in [0.25, 0.3) is 0 Å². The molecule has 1 fully saturated rings. The summed E-state index contributed by atoms with van der Waals surface area (Å²) in [6.07, 6.45) is 4.00. The van der Waals surface area contributed by atoms with E-state index in [0.29, 0.717) is 30.9 Å². The minimum Gasteiger partial charge on any atom is -0.383 e. The summed E-state index contributed by atoms with van der Waals surface area (Å²) >= 11 is 0. The number of nitrogens with zero attached hydrogens (tertiary/aromatic N) is 2. The Balaban J connectivity index is 2.20. The van der Waals surface area contributed by atoms with Gasteiger partial charge in [-0.05, 0) is 19.4 Å². The summed E-state index contributed by atoms with van der Waals surface area (Å²) in [4.78, 5) is 29.6. The van der Waals surface area contributed by atoms with E-state index in [4.69, 9.17) is 0 Å². The van der Waals surface area contributed by atoms with E-state index >= 15 is 0 Å². The Morgan fingerprint density at radius 2 is 2.42 bits per heavy atom. The third-order valence-electron chi connectivity index (χ3n) is 2.97. The van der Waals surface area contributed by atoms with Gasteiger partial charge in [-0.3, -0.25) is 14.6 Å². The molecule has 0 spiro atoms. The van der Waals surface area contributed by atoms with Crippen molar-refractivity contribution >= 4 is 17.5 Å². The SMILES string of the molecule is CCNc1cnccc1C(=O)N1CCCNC(=O)C1. The van der Waals surface area contributed by atoms with E-state index in [1.54, 1.807) is 23.4 Å². The van der Waals surface area contributed by atoms with E-state index in [9.17, 15) is 9.59 Å². The molecule has 1 saturated heterocycles. The summed E-state index contributed by atoms with van der Waals surface area (Å²) in [5.74, 6) is -0.236. The molecule has 6 heteroatoms. The summed E-state index contributed by atoms with van der Waals surface area (Å²) in [6.45, 7) is 4.00. The molecule has 1 aromatic rings. The molecular formula is C13H18N4O2. The van der Waals surface area contributed by atoms with Crippen LogP contribution in [0.5, 0.6) is 0 Å². The van der Waals surface area contributed by atoms with Crippen molar-refractivity contribution in [1.29, 1.82) is 0 Å². The van der Waals surface area contributed by atoms with Gasteiger partial charge in [0.25, 0.3) is 5.91 Å². The molecule has 1 aliphatic heterocycles. The summed E-state index contributed by atoms with van der Waals surface area (Å²) in [5, 5.41) is 5.87. The number of hydrogen-bond acceptors (Lipinski definition) is 4. The first-order valence-corrected chi connectivity index (χ1v) is 6.46. The van der Waals surface area contributed by atoms with Crippen LogP contribution in [0.2, 0.25) is 0 Å². The molecule has 0 aromatic carbocycles. The van der Waals surface area contributed by atoms with Crippen molar-refractivity contribution in [3.05, 3.63) is 24.0 Å². The number of rotatable bonds is 3. The van der Waals surface area contributed by atoms with Crippen LogP contribution in [-0.2, 0) is 4.79 Å². The van der Waals surface area contributed by atoms with Gasteiger partial charge in [-0.1, -0.05) is 0 Å². The number of aromatic nitrogens is 1. The molecule has 0 unspecified atom stereocenters. The van der Waals surface area contributed by atoms with Gasteiger partial charge in [0, 0.05) is 25.8 Å². The van der Waals surface area contributed by atoms with Crippen LogP contribution in [0, 0.1) is 0 Å².